The van der Waals surface area contributed by atoms with Crippen LogP contribution in [-0.2, 0) is 19.4 Å². The first-order valence-corrected chi connectivity index (χ1v) is 10.6. The third-order valence-electron chi connectivity index (χ3n) is 4.78. The van der Waals surface area contributed by atoms with Gasteiger partial charge in [0, 0.05) is 16.7 Å². The summed E-state index contributed by atoms with van der Waals surface area (Å²) in [7, 11) is 0. The van der Waals surface area contributed by atoms with Gasteiger partial charge in [0.2, 0.25) is 17.8 Å². The highest BCUT2D eigenvalue weighted by molar-refractivity contribution is 9.10. The van der Waals surface area contributed by atoms with E-state index in [2.05, 4.69) is 52.9 Å². The Hall–Kier alpha value is -2.88. The molecule has 162 valence electrons. The Labute approximate surface area is 185 Å². The minimum Gasteiger partial charge on any atom is -0.350 e. The van der Waals surface area contributed by atoms with Gasteiger partial charge >= 0.3 is 6.18 Å². The molecule has 2 aromatic carbocycles. The molecule has 3 N–H and O–H groups in total. The molecule has 1 aliphatic rings. The lowest BCUT2D eigenvalue weighted by Gasteiger charge is -2.13. The monoisotopic (exact) mass is 492 g/mol. The van der Waals surface area contributed by atoms with Crippen molar-refractivity contribution in [1.29, 1.82) is 0 Å². The second kappa shape index (κ2) is 9.09. The standard InChI is InChI=1S/C21H20BrF3N6/c22-16-6-1-3-13(9-16)11-26-18-29-19(27-12-21(23,24)25)31-20(30-18)28-17-8-7-14-4-2-5-15(14)10-17/h1,3,6-10H,2,4-5,11-12H2,(H3,26,27,28,29,30,31). The van der Waals surface area contributed by atoms with Crippen molar-refractivity contribution in [2.24, 2.45) is 0 Å². The quantitative estimate of drug-likeness (QED) is 0.407. The van der Waals surface area contributed by atoms with Gasteiger partial charge in [-0.3, -0.25) is 0 Å². The number of aryl methyl sites for hydroxylation is 2. The van der Waals surface area contributed by atoms with Crippen molar-refractivity contribution >= 4 is 39.5 Å². The average molecular weight is 493 g/mol. The van der Waals surface area contributed by atoms with Gasteiger partial charge in [0.15, 0.2) is 0 Å². The number of alkyl halides is 3. The van der Waals surface area contributed by atoms with Gasteiger partial charge in [-0.1, -0.05) is 34.1 Å². The number of anilines is 4. The van der Waals surface area contributed by atoms with Crippen molar-refractivity contribution in [1.82, 2.24) is 15.0 Å². The smallest absolute Gasteiger partial charge is 0.350 e. The maximum atomic E-state index is 12.7. The summed E-state index contributed by atoms with van der Waals surface area (Å²) >= 11 is 3.41. The number of hydrogen-bond donors (Lipinski definition) is 3. The highest BCUT2D eigenvalue weighted by atomic mass is 79.9. The minimum absolute atomic E-state index is 0.160. The molecule has 0 spiro atoms. The van der Waals surface area contributed by atoms with Crippen LogP contribution in [0.25, 0.3) is 0 Å². The van der Waals surface area contributed by atoms with Gasteiger partial charge < -0.3 is 16.0 Å². The molecule has 1 heterocycles. The van der Waals surface area contributed by atoms with E-state index in [1.807, 2.05) is 36.4 Å². The number of nitrogens with one attached hydrogen (secondary N) is 3. The number of rotatable bonds is 7. The molecule has 0 amide bonds. The summed E-state index contributed by atoms with van der Waals surface area (Å²) in [5.41, 5.74) is 4.34. The number of halogens is 4. The normalized spacial score (nSPS) is 13.0. The molecule has 0 fully saturated rings. The molecule has 0 bridgehead atoms. The topological polar surface area (TPSA) is 74.8 Å². The maximum absolute atomic E-state index is 12.7. The Balaban J connectivity index is 1.54. The lowest BCUT2D eigenvalue weighted by atomic mass is 10.1. The molecule has 4 rings (SSSR count). The van der Waals surface area contributed by atoms with E-state index in [1.54, 1.807) is 0 Å². The molecule has 0 atom stereocenters. The van der Waals surface area contributed by atoms with Gasteiger partial charge in [0.25, 0.3) is 0 Å². The van der Waals surface area contributed by atoms with Crippen molar-refractivity contribution in [2.45, 2.75) is 32.0 Å². The van der Waals surface area contributed by atoms with Gasteiger partial charge in [0.05, 0.1) is 0 Å². The number of fused-ring (bicyclic) bond motifs is 1. The fraction of sp³-hybridized carbons (Fsp3) is 0.286. The zero-order valence-corrected chi connectivity index (χ0v) is 18.0. The third-order valence-corrected chi connectivity index (χ3v) is 5.27. The van der Waals surface area contributed by atoms with E-state index in [1.165, 1.54) is 11.1 Å². The highest BCUT2D eigenvalue weighted by Crippen LogP contribution is 2.26. The second-order valence-electron chi connectivity index (χ2n) is 7.22. The van der Waals surface area contributed by atoms with Gasteiger partial charge in [-0.05, 0) is 60.2 Å². The van der Waals surface area contributed by atoms with E-state index < -0.39 is 12.7 Å². The van der Waals surface area contributed by atoms with Crippen molar-refractivity contribution in [3.63, 3.8) is 0 Å². The first kappa shape index (κ1) is 21.4. The van der Waals surface area contributed by atoms with E-state index in [0.717, 1.165) is 35.0 Å². The van der Waals surface area contributed by atoms with Crippen LogP contribution < -0.4 is 16.0 Å². The van der Waals surface area contributed by atoms with Crippen molar-refractivity contribution in [2.75, 3.05) is 22.5 Å². The number of hydrogen-bond acceptors (Lipinski definition) is 6. The minimum atomic E-state index is -4.38. The summed E-state index contributed by atoms with van der Waals surface area (Å²) in [5, 5.41) is 8.36. The summed E-state index contributed by atoms with van der Waals surface area (Å²) in [6.45, 7) is -0.833. The van der Waals surface area contributed by atoms with Crippen LogP contribution in [0.3, 0.4) is 0 Å². The number of benzene rings is 2. The zero-order chi connectivity index (χ0) is 21.8. The van der Waals surface area contributed by atoms with E-state index in [9.17, 15) is 13.2 Å². The number of aromatic nitrogens is 3. The SMILES string of the molecule is FC(F)(F)CNc1nc(NCc2cccc(Br)c2)nc(Nc2ccc3c(c2)CCC3)n1. The molecule has 0 aliphatic heterocycles. The zero-order valence-electron chi connectivity index (χ0n) is 16.4. The first-order chi connectivity index (χ1) is 14.8. The fourth-order valence-corrected chi connectivity index (χ4v) is 3.82. The molecule has 0 saturated carbocycles. The Kier molecular flexibility index (Phi) is 6.26. The van der Waals surface area contributed by atoms with Crippen LogP contribution in [0.1, 0.15) is 23.1 Å². The van der Waals surface area contributed by atoms with Crippen LogP contribution in [0.2, 0.25) is 0 Å². The molecule has 3 aromatic rings. The van der Waals surface area contributed by atoms with Crippen molar-refractivity contribution in [3.05, 3.63) is 63.6 Å². The van der Waals surface area contributed by atoms with Gasteiger partial charge in [-0.25, -0.2) is 0 Å². The van der Waals surface area contributed by atoms with E-state index in [4.69, 9.17) is 0 Å². The van der Waals surface area contributed by atoms with Gasteiger partial charge in [-0.2, -0.15) is 28.1 Å². The summed E-state index contributed by atoms with van der Waals surface area (Å²) in [6.07, 6.45) is -1.18. The lowest BCUT2D eigenvalue weighted by molar-refractivity contribution is -0.115. The largest absolute Gasteiger partial charge is 0.405 e. The lowest BCUT2D eigenvalue weighted by Crippen LogP contribution is -2.23. The Morgan fingerprint density at radius 2 is 1.61 bits per heavy atom. The van der Waals surface area contributed by atoms with E-state index >= 15 is 0 Å². The summed E-state index contributed by atoms with van der Waals surface area (Å²) in [5.74, 6) is 0.172. The Bertz CT molecular complexity index is 1070. The van der Waals surface area contributed by atoms with Crippen LogP contribution in [0.4, 0.5) is 36.7 Å². The van der Waals surface area contributed by atoms with E-state index in [0.29, 0.717) is 6.54 Å². The van der Waals surface area contributed by atoms with Gasteiger partial charge in [0.1, 0.15) is 6.54 Å². The highest BCUT2D eigenvalue weighted by Gasteiger charge is 2.27. The molecule has 31 heavy (non-hydrogen) atoms. The Morgan fingerprint density at radius 3 is 2.39 bits per heavy atom. The van der Waals surface area contributed by atoms with Crippen LogP contribution in [0.15, 0.2) is 46.9 Å². The molecule has 0 unspecified atom stereocenters. The predicted octanol–water partition coefficient (Wildman–Crippen LogP) is 5.45. The molecule has 0 saturated heterocycles. The second-order valence-corrected chi connectivity index (χ2v) is 8.14. The van der Waals surface area contributed by atoms with Gasteiger partial charge in [-0.15, -0.1) is 0 Å². The van der Waals surface area contributed by atoms with Crippen LogP contribution in [0.5, 0.6) is 0 Å². The van der Waals surface area contributed by atoms with Crippen LogP contribution in [0, 0.1) is 0 Å². The molecule has 1 aliphatic carbocycles. The number of nitrogens with zero attached hydrogens (tertiary/aromatic N) is 3. The van der Waals surface area contributed by atoms with Crippen LogP contribution >= 0.6 is 15.9 Å². The Morgan fingerprint density at radius 1 is 0.871 bits per heavy atom. The summed E-state index contributed by atoms with van der Waals surface area (Å²) in [4.78, 5) is 12.5. The molecule has 0 radical (unpaired) electrons. The maximum Gasteiger partial charge on any atom is 0.405 e. The molecule has 10 heteroatoms. The predicted molar refractivity (Wildman–Crippen MR) is 118 cm³/mol. The van der Waals surface area contributed by atoms with E-state index in [-0.39, 0.29) is 17.8 Å². The average Bonchev–Trinajstić information content (AvgIpc) is 3.18. The molecule has 1 aromatic heterocycles. The molecular weight excluding hydrogens is 473 g/mol. The van der Waals surface area contributed by atoms with Crippen LogP contribution in [-0.4, -0.2) is 27.7 Å². The molecular formula is C21H20BrF3N6. The summed E-state index contributed by atoms with van der Waals surface area (Å²) < 4.78 is 38.9. The van der Waals surface area contributed by atoms with Crippen molar-refractivity contribution < 1.29 is 13.2 Å². The van der Waals surface area contributed by atoms with Crippen molar-refractivity contribution in [3.8, 4) is 0 Å². The first-order valence-electron chi connectivity index (χ1n) is 9.78. The third kappa shape index (κ3) is 6.06. The molecule has 6 nitrogen and oxygen atoms in total. The fourth-order valence-electron chi connectivity index (χ4n) is 3.38. The summed E-state index contributed by atoms with van der Waals surface area (Å²) in [6, 6.07) is 13.7.